The van der Waals surface area contributed by atoms with E-state index in [2.05, 4.69) is 64.6 Å². The average Bonchev–Trinajstić information content (AvgIpc) is 3.26. The zero-order valence-corrected chi connectivity index (χ0v) is 17.5. The lowest BCUT2D eigenvalue weighted by Crippen LogP contribution is -2.51. The first kappa shape index (κ1) is 20.2. The highest BCUT2D eigenvalue weighted by Crippen LogP contribution is 2.11. The molecule has 2 heterocycles. The summed E-state index contributed by atoms with van der Waals surface area (Å²) in [6.45, 7) is 7.73. The standard InChI is InChI=1S/C24H29N5O/c1-20-4-2-6-22(14-20)17-27-10-12-29(13-11-27)24(30)26-16-21-5-3-7-23(15-21)18-28-9-8-25-19-28/h2-9,14-15,19H,10-13,16-18H2,1H3,(H,26,30). The molecule has 4 rings (SSSR count). The molecular formula is C24H29N5O. The van der Waals surface area contributed by atoms with Crippen molar-refractivity contribution in [2.45, 2.75) is 26.6 Å². The Morgan fingerprint density at radius 2 is 1.70 bits per heavy atom. The lowest BCUT2D eigenvalue weighted by molar-refractivity contribution is 0.135. The Bertz CT molecular complexity index is 961. The molecule has 0 bridgehead atoms. The number of benzene rings is 2. The van der Waals surface area contributed by atoms with Gasteiger partial charge in [-0.05, 0) is 23.6 Å². The van der Waals surface area contributed by atoms with Crippen LogP contribution < -0.4 is 5.32 Å². The maximum Gasteiger partial charge on any atom is 0.317 e. The van der Waals surface area contributed by atoms with Crippen LogP contribution in [0.3, 0.4) is 0 Å². The molecule has 0 radical (unpaired) electrons. The molecule has 156 valence electrons. The fourth-order valence-corrected chi connectivity index (χ4v) is 3.90. The van der Waals surface area contributed by atoms with Crippen LogP contribution in [0.25, 0.3) is 0 Å². The Morgan fingerprint density at radius 3 is 2.43 bits per heavy atom. The van der Waals surface area contributed by atoms with Gasteiger partial charge in [-0.25, -0.2) is 9.78 Å². The number of amides is 2. The number of nitrogens with one attached hydrogen (secondary N) is 1. The lowest BCUT2D eigenvalue weighted by atomic mass is 10.1. The number of hydrogen-bond acceptors (Lipinski definition) is 3. The van der Waals surface area contributed by atoms with Gasteiger partial charge in [0.2, 0.25) is 0 Å². The minimum Gasteiger partial charge on any atom is -0.334 e. The predicted octanol–water partition coefficient (Wildman–Crippen LogP) is 3.27. The van der Waals surface area contributed by atoms with E-state index in [1.54, 1.807) is 6.20 Å². The van der Waals surface area contributed by atoms with Crippen molar-refractivity contribution in [2.24, 2.45) is 0 Å². The Morgan fingerprint density at radius 1 is 0.967 bits per heavy atom. The molecule has 0 aliphatic carbocycles. The second-order valence-corrected chi connectivity index (χ2v) is 7.97. The molecule has 1 fully saturated rings. The molecule has 0 unspecified atom stereocenters. The summed E-state index contributed by atoms with van der Waals surface area (Å²) < 4.78 is 2.04. The first-order valence-electron chi connectivity index (χ1n) is 10.5. The third-order valence-electron chi connectivity index (χ3n) is 5.51. The van der Waals surface area contributed by atoms with Gasteiger partial charge in [0.05, 0.1) is 6.33 Å². The van der Waals surface area contributed by atoms with Gasteiger partial charge in [-0.2, -0.15) is 0 Å². The third kappa shape index (κ3) is 5.48. The zero-order chi connectivity index (χ0) is 20.8. The molecule has 0 atom stereocenters. The molecule has 1 saturated heterocycles. The highest BCUT2D eigenvalue weighted by Gasteiger charge is 2.20. The van der Waals surface area contributed by atoms with Crippen molar-refractivity contribution in [1.29, 1.82) is 0 Å². The number of piperazine rings is 1. The minimum absolute atomic E-state index is 0.0187. The molecule has 2 aromatic carbocycles. The minimum atomic E-state index is 0.0187. The molecule has 1 N–H and O–H groups in total. The SMILES string of the molecule is Cc1cccc(CN2CCN(C(=O)NCc3cccc(Cn4ccnc4)c3)CC2)c1. The summed E-state index contributed by atoms with van der Waals surface area (Å²) in [5.41, 5.74) is 4.94. The van der Waals surface area contributed by atoms with Crippen molar-refractivity contribution in [3.05, 3.63) is 89.5 Å². The van der Waals surface area contributed by atoms with Gasteiger partial charge < -0.3 is 14.8 Å². The summed E-state index contributed by atoms with van der Waals surface area (Å²) >= 11 is 0. The van der Waals surface area contributed by atoms with E-state index in [-0.39, 0.29) is 6.03 Å². The van der Waals surface area contributed by atoms with Crippen LogP contribution in [0.2, 0.25) is 0 Å². The average molecular weight is 404 g/mol. The number of imidazole rings is 1. The van der Waals surface area contributed by atoms with Crippen molar-refractivity contribution >= 4 is 6.03 Å². The van der Waals surface area contributed by atoms with E-state index in [1.807, 2.05) is 28.1 Å². The molecule has 2 amide bonds. The number of carbonyl (C=O) groups excluding carboxylic acids is 1. The second-order valence-electron chi connectivity index (χ2n) is 7.97. The van der Waals surface area contributed by atoms with Crippen LogP contribution in [0, 0.1) is 6.92 Å². The quantitative estimate of drug-likeness (QED) is 0.687. The number of aryl methyl sites for hydroxylation is 1. The Balaban J connectivity index is 1.23. The van der Waals surface area contributed by atoms with Crippen molar-refractivity contribution in [3.63, 3.8) is 0 Å². The van der Waals surface area contributed by atoms with Crippen LogP contribution in [-0.2, 0) is 19.6 Å². The largest absolute Gasteiger partial charge is 0.334 e. The first-order valence-corrected chi connectivity index (χ1v) is 10.5. The molecule has 6 nitrogen and oxygen atoms in total. The zero-order valence-electron chi connectivity index (χ0n) is 17.5. The second kappa shape index (κ2) is 9.59. The highest BCUT2D eigenvalue weighted by molar-refractivity contribution is 5.74. The van der Waals surface area contributed by atoms with E-state index >= 15 is 0 Å². The Labute approximate surface area is 178 Å². The number of carbonyl (C=O) groups is 1. The van der Waals surface area contributed by atoms with E-state index in [0.717, 1.165) is 44.8 Å². The van der Waals surface area contributed by atoms with Gasteiger partial charge in [0, 0.05) is 58.2 Å². The van der Waals surface area contributed by atoms with Crippen LogP contribution in [0.5, 0.6) is 0 Å². The van der Waals surface area contributed by atoms with E-state index in [9.17, 15) is 4.79 Å². The van der Waals surface area contributed by atoms with Crippen molar-refractivity contribution < 1.29 is 4.79 Å². The van der Waals surface area contributed by atoms with E-state index < -0.39 is 0 Å². The number of aromatic nitrogens is 2. The molecular weight excluding hydrogens is 374 g/mol. The van der Waals surface area contributed by atoms with Crippen molar-refractivity contribution in [1.82, 2.24) is 24.7 Å². The fourth-order valence-electron chi connectivity index (χ4n) is 3.90. The van der Waals surface area contributed by atoms with Gasteiger partial charge in [-0.1, -0.05) is 54.1 Å². The van der Waals surface area contributed by atoms with Crippen LogP contribution in [0.15, 0.2) is 67.3 Å². The molecule has 1 aromatic heterocycles. The van der Waals surface area contributed by atoms with Gasteiger partial charge in [0.1, 0.15) is 0 Å². The molecule has 1 aliphatic rings. The Kier molecular flexibility index (Phi) is 6.44. The van der Waals surface area contributed by atoms with E-state index in [0.29, 0.717) is 6.54 Å². The molecule has 0 spiro atoms. The molecule has 6 heteroatoms. The number of urea groups is 1. The summed E-state index contributed by atoms with van der Waals surface area (Å²) in [6.07, 6.45) is 5.55. The molecule has 0 saturated carbocycles. The third-order valence-corrected chi connectivity index (χ3v) is 5.51. The number of rotatable bonds is 6. The summed E-state index contributed by atoms with van der Waals surface area (Å²) in [7, 11) is 0. The van der Waals surface area contributed by atoms with E-state index in [4.69, 9.17) is 0 Å². The van der Waals surface area contributed by atoms with Gasteiger partial charge in [0.15, 0.2) is 0 Å². The topological polar surface area (TPSA) is 53.4 Å². The first-order chi connectivity index (χ1) is 14.7. The van der Waals surface area contributed by atoms with E-state index in [1.165, 1.54) is 16.7 Å². The predicted molar refractivity (Wildman–Crippen MR) is 118 cm³/mol. The van der Waals surface area contributed by atoms with Crippen LogP contribution in [0.1, 0.15) is 22.3 Å². The summed E-state index contributed by atoms with van der Waals surface area (Å²) in [4.78, 5) is 21.0. The number of nitrogens with zero attached hydrogens (tertiary/aromatic N) is 4. The molecule has 3 aromatic rings. The summed E-state index contributed by atoms with van der Waals surface area (Å²) in [6, 6.07) is 17.0. The molecule has 1 aliphatic heterocycles. The van der Waals surface area contributed by atoms with Crippen LogP contribution in [0.4, 0.5) is 4.79 Å². The normalized spacial score (nSPS) is 14.6. The molecule has 30 heavy (non-hydrogen) atoms. The summed E-state index contributed by atoms with van der Waals surface area (Å²) in [5, 5.41) is 3.08. The van der Waals surface area contributed by atoms with Crippen LogP contribution in [-0.4, -0.2) is 51.6 Å². The number of hydrogen-bond donors (Lipinski definition) is 1. The fraction of sp³-hybridized carbons (Fsp3) is 0.333. The van der Waals surface area contributed by atoms with Gasteiger partial charge in [0.25, 0.3) is 0 Å². The van der Waals surface area contributed by atoms with Crippen LogP contribution >= 0.6 is 0 Å². The maximum absolute atomic E-state index is 12.6. The van der Waals surface area contributed by atoms with Gasteiger partial charge in [-0.15, -0.1) is 0 Å². The van der Waals surface area contributed by atoms with Crippen molar-refractivity contribution in [3.8, 4) is 0 Å². The van der Waals surface area contributed by atoms with Crippen molar-refractivity contribution in [2.75, 3.05) is 26.2 Å². The highest BCUT2D eigenvalue weighted by atomic mass is 16.2. The maximum atomic E-state index is 12.6. The summed E-state index contributed by atoms with van der Waals surface area (Å²) in [5.74, 6) is 0. The monoisotopic (exact) mass is 403 g/mol. The van der Waals surface area contributed by atoms with Gasteiger partial charge >= 0.3 is 6.03 Å². The Hall–Kier alpha value is -3.12. The lowest BCUT2D eigenvalue weighted by Gasteiger charge is -2.34. The van der Waals surface area contributed by atoms with Gasteiger partial charge in [-0.3, -0.25) is 4.90 Å². The smallest absolute Gasteiger partial charge is 0.317 e.